The highest BCUT2D eigenvalue weighted by Crippen LogP contribution is 2.31. The molecular formula is C23H24BN7O4. The Bertz CT molecular complexity index is 1350. The van der Waals surface area contributed by atoms with Crippen LogP contribution in [0.1, 0.15) is 37.0 Å². The molecule has 0 aliphatic carbocycles. The zero-order chi connectivity index (χ0) is 24.6. The second-order valence-electron chi connectivity index (χ2n) is 8.61. The average molecular weight is 473 g/mol. The number of aliphatic hydroxyl groups excluding tert-OH is 1. The summed E-state index contributed by atoms with van der Waals surface area (Å²) in [7, 11) is -1.01. The first-order valence-electron chi connectivity index (χ1n) is 11.1. The van der Waals surface area contributed by atoms with Gasteiger partial charge in [-0.2, -0.15) is 4.98 Å². The fraction of sp³-hybridized carbons (Fsp3) is 0.261. The molecule has 12 heteroatoms. The summed E-state index contributed by atoms with van der Waals surface area (Å²) in [5, 5.41) is 34.5. The number of fused-ring (bicyclic) bond motifs is 1. The lowest BCUT2D eigenvalue weighted by Crippen LogP contribution is -2.28. The smallest absolute Gasteiger partial charge is 0.423 e. The van der Waals surface area contributed by atoms with E-state index in [0.29, 0.717) is 34.2 Å². The quantitative estimate of drug-likeness (QED) is 0.292. The number of aryl methyl sites for hydroxylation is 1. The van der Waals surface area contributed by atoms with E-state index in [9.17, 15) is 10.1 Å². The Morgan fingerprint density at radius 2 is 1.89 bits per heavy atom. The molecular weight excluding hydrogens is 449 g/mol. The Labute approximate surface area is 201 Å². The molecule has 4 aromatic rings. The summed E-state index contributed by atoms with van der Waals surface area (Å²) in [6.07, 6.45) is 1.56. The Morgan fingerprint density at radius 1 is 1.09 bits per heavy atom. The first-order valence-corrected chi connectivity index (χ1v) is 11.1. The highest BCUT2D eigenvalue weighted by Gasteiger charge is 2.42. The standard InChI is InChI=1S/C23H24BN7O4/c1-13-30-31-21(34-13)15-11-25-22(29-20(15)26-17(12-32)14-7-5-4-6-8-14)28-18-10-9-16-19(27-18)23(2,3)35-24(16)33/h4-11,17,32-33H,12H2,1-3H3,(H2,25,26,27,28,29)/t17-/m1/s1. The molecule has 0 saturated carbocycles. The minimum absolute atomic E-state index is 0.164. The molecule has 1 atom stereocenters. The van der Waals surface area contributed by atoms with E-state index < -0.39 is 18.8 Å². The van der Waals surface area contributed by atoms with Gasteiger partial charge >= 0.3 is 7.12 Å². The van der Waals surface area contributed by atoms with Gasteiger partial charge in [0.05, 0.1) is 29.5 Å². The van der Waals surface area contributed by atoms with Gasteiger partial charge in [-0.05, 0) is 25.5 Å². The molecule has 0 fully saturated rings. The molecule has 1 aliphatic rings. The van der Waals surface area contributed by atoms with Crippen molar-refractivity contribution < 1.29 is 19.2 Å². The number of hydrogen-bond donors (Lipinski definition) is 4. The van der Waals surface area contributed by atoms with Gasteiger partial charge in [0.25, 0.3) is 5.89 Å². The summed E-state index contributed by atoms with van der Waals surface area (Å²) in [4.78, 5) is 13.6. The van der Waals surface area contributed by atoms with Gasteiger partial charge in [0.2, 0.25) is 11.8 Å². The van der Waals surface area contributed by atoms with Crippen molar-refractivity contribution >= 4 is 30.2 Å². The van der Waals surface area contributed by atoms with Gasteiger partial charge in [-0.15, -0.1) is 10.2 Å². The van der Waals surface area contributed by atoms with E-state index in [-0.39, 0.29) is 18.4 Å². The van der Waals surface area contributed by atoms with Crippen molar-refractivity contribution in [2.24, 2.45) is 0 Å². The molecule has 0 saturated heterocycles. The first kappa shape index (κ1) is 22.9. The number of aromatic nitrogens is 5. The molecule has 3 aromatic heterocycles. The van der Waals surface area contributed by atoms with E-state index in [2.05, 4.69) is 35.8 Å². The van der Waals surface area contributed by atoms with Gasteiger partial charge in [-0.1, -0.05) is 36.4 Å². The normalized spacial score (nSPS) is 15.1. The van der Waals surface area contributed by atoms with Gasteiger partial charge in [0.1, 0.15) is 11.6 Å². The third kappa shape index (κ3) is 4.58. The van der Waals surface area contributed by atoms with E-state index in [0.717, 1.165) is 5.56 Å². The topological polar surface area (TPSA) is 151 Å². The van der Waals surface area contributed by atoms with E-state index in [4.69, 9.17) is 9.07 Å². The monoisotopic (exact) mass is 473 g/mol. The highest BCUT2D eigenvalue weighted by molar-refractivity contribution is 6.61. The van der Waals surface area contributed by atoms with Crippen LogP contribution >= 0.6 is 0 Å². The predicted octanol–water partition coefficient (Wildman–Crippen LogP) is 2.07. The number of rotatable bonds is 7. The van der Waals surface area contributed by atoms with E-state index in [1.165, 1.54) is 0 Å². The molecule has 4 heterocycles. The summed E-state index contributed by atoms with van der Waals surface area (Å²) >= 11 is 0. The lowest BCUT2D eigenvalue weighted by atomic mass is 9.80. The van der Waals surface area contributed by atoms with Crippen LogP contribution in [-0.4, -0.2) is 49.0 Å². The Hall–Kier alpha value is -3.87. The average Bonchev–Trinajstić information content (AvgIpc) is 3.37. The molecule has 0 unspecified atom stereocenters. The maximum atomic E-state index is 10.1. The lowest BCUT2D eigenvalue weighted by molar-refractivity contribution is 0.0970. The van der Waals surface area contributed by atoms with E-state index in [1.54, 1.807) is 25.3 Å². The number of pyridine rings is 1. The van der Waals surface area contributed by atoms with Crippen LogP contribution < -0.4 is 16.1 Å². The van der Waals surface area contributed by atoms with Gasteiger partial charge < -0.3 is 29.8 Å². The second kappa shape index (κ2) is 9.06. The fourth-order valence-electron chi connectivity index (χ4n) is 3.93. The maximum absolute atomic E-state index is 10.1. The number of nitrogens with one attached hydrogen (secondary N) is 2. The highest BCUT2D eigenvalue weighted by atomic mass is 16.5. The van der Waals surface area contributed by atoms with Crippen LogP contribution in [0.5, 0.6) is 0 Å². The third-order valence-electron chi connectivity index (χ3n) is 5.65. The molecule has 35 heavy (non-hydrogen) atoms. The minimum atomic E-state index is -1.01. The fourth-order valence-corrected chi connectivity index (χ4v) is 3.93. The van der Waals surface area contributed by atoms with Gasteiger partial charge in [-0.25, -0.2) is 9.97 Å². The van der Waals surface area contributed by atoms with Crippen molar-refractivity contribution in [3.63, 3.8) is 0 Å². The Kier molecular flexibility index (Phi) is 5.93. The number of hydrogen-bond acceptors (Lipinski definition) is 11. The van der Waals surface area contributed by atoms with Crippen LogP contribution in [0.2, 0.25) is 0 Å². The summed E-state index contributed by atoms with van der Waals surface area (Å²) in [5.74, 6) is 1.81. The maximum Gasteiger partial charge on any atom is 0.493 e. The summed E-state index contributed by atoms with van der Waals surface area (Å²) in [5.41, 5.74) is 1.90. The van der Waals surface area contributed by atoms with Crippen LogP contribution in [0, 0.1) is 6.92 Å². The molecule has 0 spiro atoms. The summed E-state index contributed by atoms with van der Waals surface area (Å²) < 4.78 is 11.2. The number of benzene rings is 1. The largest absolute Gasteiger partial charge is 0.493 e. The Morgan fingerprint density at radius 3 is 2.60 bits per heavy atom. The van der Waals surface area contributed by atoms with Gasteiger partial charge in [-0.3, -0.25) is 0 Å². The minimum Gasteiger partial charge on any atom is -0.423 e. The molecule has 4 N–H and O–H groups in total. The first-order chi connectivity index (χ1) is 16.8. The second-order valence-corrected chi connectivity index (χ2v) is 8.61. The zero-order valence-corrected chi connectivity index (χ0v) is 19.4. The molecule has 1 aliphatic heterocycles. The molecule has 178 valence electrons. The van der Waals surface area contributed by atoms with Crippen molar-refractivity contribution in [3.05, 3.63) is 65.8 Å². The number of anilines is 3. The molecule has 0 radical (unpaired) electrons. The van der Waals surface area contributed by atoms with Gasteiger partial charge in [0, 0.05) is 18.6 Å². The van der Waals surface area contributed by atoms with Crippen molar-refractivity contribution in [3.8, 4) is 11.5 Å². The van der Waals surface area contributed by atoms with Crippen LogP contribution in [-0.2, 0) is 10.3 Å². The summed E-state index contributed by atoms with van der Waals surface area (Å²) in [6.45, 7) is 5.22. The molecule has 5 rings (SSSR count). The van der Waals surface area contributed by atoms with Crippen LogP contribution in [0.15, 0.2) is 53.1 Å². The lowest BCUT2D eigenvalue weighted by Gasteiger charge is -2.20. The third-order valence-corrected chi connectivity index (χ3v) is 5.65. The van der Waals surface area contributed by atoms with E-state index in [1.807, 2.05) is 44.2 Å². The molecule has 0 amide bonds. The summed E-state index contributed by atoms with van der Waals surface area (Å²) in [6, 6.07) is 12.6. The van der Waals surface area contributed by atoms with Crippen LogP contribution in [0.4, 0.5) is 17.6 Å². The van der Waals surface area contributed by atoms with Crippen molar-refractivity contribution in [1.29, 1.82) is 0 Å². The predicted molar refractivity (Wildman–Crippen MR) is 129 cm³/mol. The van der Waals surface area contributed by atoms with Crippen LogP contribution in [0.25, 0.3) is 11.5 Å². The van der Waals surface area contributed by atoms with Gasteiger partial charge in [0.15, 0.2) is 0 Å². The SMILES string of the molecule is Cc1nnc(-c2cnc(Nc3ccc4c(n3)C(C)(C)OB4O)nc2N[C@H](CO)c2ccccc2)o1. The van der Waals surface area contributed by atoms with Crippen molar-refractivity contribution in [1.82, 2.24) is 25.1 Å². The molecule has 0 bridgehead atoms. The van der Waals surface area contributed by atoms with Crippen LogP contribution in [0.3, 0.4) is 0 Å². The van der Waals surface area contributed by atoms with Crippen molar-refractivity contribution in [2.75, 3.05) is 17.2 Å². The number of aliphatic hydroxyl groups is 1. The van der Waals surface area contributed by atoms with E-state index >= 15 is 0 Å². The number of nitrogens with zero attached hydrogens (tertiary/aromatic N) is 5. The zero-order valence-electron chi connectivity index (χ0n) is 19.4. The Balaban J connectivity index is 1.49. The van der Waals surface area contributed by atoms with Crippen molar-refractivity contribution in [2.45, 2.75) is 32.4 Å². The molecule has 11 nitrogen and oxygen atoms in total. The molecule has 1 aromatic carbocycles.